The van der Waals surface area contributed by atoms with Crippen LogP contribution < -0.4 is 14.8 Å². The van der Waals surface area contributed by atoms with Gasteiger partial charge in [-0.3, -0.25) is 10.1 Å². The topological polar surface area (TPSA) is 73.3 Å². The molecule has 0 fully saturated rings. The molecular formula is C17H14FN3O3S. The van der Waals surface area contributed by atoms with Crippen LogP contribution in [-0.4, -0.2) is 29.5 Å². The molecule has 1 N–H and O–H groups in total. The molecule has 0 spiro atoms. The van der Waals surface area contributed by atoms with Gasteiger partial charge in [0.1, 0.15) is 5.75 Å². The van der Waals surface area contributed by atoms with Crippen molar-refractivity contribution in [1.29, 1.82) is 0 Å². The lowest BCUT2D eigenvalue weighted by molar-refractivity contribution is 0.102. The number of aromatic nitrogens is 2. The molecule has 0 radical (unpaired) electrons. The van der Waals surface area contributed by atoms with Crippen molar-refractivity contribution < 1.29 is 18.7 Å². The van der Waals surface area contributed by atoms with E-state index in [1.807, 2.05) is 0 Å². The van der Waals surface area contributed by atoms with Gasteiger partial charge in [0.05, 0.1) is 14.2 Å². The number of nitrogens with one attached hydrogen (secondary N) is 1. The standard InChI is InChI=1S/C17H14FN3O3S/c1-23-12-6-3-10(4-7-12)16(22)20-17-19-15(21-25-17)11-5-8-14(24-2)13(18)9-11/h3-9H,1-2H3,(H,19,20,21,22). The van der Waals surface area contributed by atoms with Gasteiger partial charge in [-0.2, -0.15) is 9.36 Å². The minimum atomic E-state index is -0.501. The molecule has 0 aliphatic heterocycles. The average Bonchev–Trinajstić information content (AvgIpc) is 3.10. The van der Waals surface area contributed by atoms with Crippen molar-refractivity contribution in [2.75, 3.05) is 19.5 Å². The lowest BCUT2D eigenvalue weighted by Gasteiger charge is -2.03. The van der Waals surface area contributed by atoms with Crippen molar-refractivity contribution in [3.05, 3.63) is 53.8 Å². The maximum absolute atomic E-state index is 13.8. The molecule has 0 aliphatic rings. The predicted molar refractivity (Wildman–Crippen MR) is 92.8 cm³/mol. The van der Waals surface area contributed by atoms with Gasteiger partial charge in [0.25, 0.3) is 5.91 Å². The number of benzene rings is 2. The van der Waals surface area contributed by atoms with Gasteiger partial charge in [-0.15, -0.1) is 0 Å². The summed E-state index contributed by atoms with van der Waals surface area (Å²) in [7, 11) is 2.95. The van der Waals surface area contributed by atoms with Gasteiger partial charge >= 0.3 is 0 Å². The predicted octanol–water partition coefficient (Wildman–Crippen LogP) is 3.61. The summed E-state index contributed by atoms with van der Waals surface area (Å²) in [4.78, 5) is 16.4. The van der Waals surface area contributed by atoms with Crippen LogP contribution in [-0.2, 0) is 0 Å². The highest BCUT2D eigenvalue weighted by Crippen LogP contribution is 2.26. The van der Waals surface area contributed by atoms with Crippen LogP contribution in [0.1, 0.15) is 10.4 Å². The lowest BCUT2D eigenvalue weighted by Crippen LogP contribution is -2.11. The first-order chi connectivity index (χ1) is 12.1. The first-order valence-corrected chi connectivity index (χ1v) is 8.01. The summed E-state index contributed by atoms with van der Waals surface area (Å²) in [5.74, 6) is 0.324. The average molecular weight is 359 g/mol. The second kappa shape index (κ2) is 7.27. The van der Waals surface area contributed by atoms with E-state index in [-0.39, 0.29) is 11.7 Å². The van der Waals surface area contributed by atoms with E-state index in [0.717, 1.165) is 11.5 Å². The number of anilines is 1. The third-order valence-corrected chi connectivity index (χ3v) is 4.04. The van der Waals surface area contributed by atoms with Crippen LogP contribution in [0.2, 0.25) is 0 Å². The maximum Gasteiger partial charge on any atom is 0.257 e. The molecule has 8 heteroatoms. The van der Waals surface area contributed by atoms with Crippen molar-refractivity contribution >= 4 is 22.6 Å². The van der Waals surface area contributed by atoms with E-state index < -0.39 is 5.82 Å². The van der Waals surface area contributed by atoms with Crippen LogP contribution in [0.3, 0.4) is 0 Å². The van der Waals surface area contributed by atoms with E-state index in [9.17, 15) is 9.18 Å². The molecule has 0 atom stereocenters. The number of hydrogen-bond acceptors (Lipinski definition) is 6. The summed E-state index contributed by atoms with van der Waals surface area (Å²) >= 11 is 1.02. The Hall–Kier alpha value is -3.00. The van der Waals surface area contributed by atoms with Crippen LogP contribution in [0, 0.1) is 5.82 Å². The molecule has 6 nitrogen and oxygen atoms in total. The SMILES string of the molecule is COc1ccc(C(=O)Nc2nc(-c3ccc(OC)c(F)c3)ns2)cc1. The quantitative estimate of drug-likeness (QED) is 0.753. The molecule has 2 aromatic carbocycles. The Morgan fingerprint density at radius 3 is 2.52 bits per heavy atom. The summed E-state index contributed by atoms with van der Waals surface area (Å²) in [5.41, 5.74) is 0.965. The van der Waals surface area contributed by atoms with E-state index in [1.54, 1.807) is 37.4 Å². The van der Waals surface area contributed by atoms with Crippen molar-refractivity contribution in [2.45, 2.75) is 0 Å². The molecule has 128 valence electrons. The fourth-order valence-electron chi connectivity index (χ4n) is 2.11. The Kier molecular flexibility index (Phi) is 4.90. The largest absolute Gasteiger partial charge is 0.497 e. The van der Waals surface area contributed by atoms with Gasteiger partial charge in [0.15, 0.2) is 17.4 Å². The van der Waals surface area contributed by atoms with Gasteiger partial charge in [0, 0.05) is 22.7 Å². The molecule has 0 unspecified atom stereocenters. The molecule has 25 heavy (non-hydrogen) atoms. The maximum atomic E-state index is 13.8. The molecule has 0 bridgehead atoms. The third-order valence-electron chi connectivity index (χ3n) is 3.41. The van der Waals surface area contributed by atoms with Crippen LogP contribution >= 0.6 is 11.5 Å². The molecule has 0 saturated heterocycles. The number of halogens is 1. The summed E-state index contributed by atoms with van der Waals surface area (Å²) < 4.78 is 27.9. The number of carbonyl (C=O) groups is 1. The van der Waals surface area contributed by atoms with E-state index in [2.05, 4.69) is 14.7 Å². The monoisotopic (exact) mass is 359 g/mol. The summed E-state index contributed by atoms with van der Waals surface area (Å²) in [6.45, 7) is 0. The highest BCUT2D eigenvalue weighted by atomic mass is 32.1. The van der Waals surface area contributed by atoms with Crippen molar-refractivity contribution in [3.63, 3.8) is 0 Å². The Labute approximate surface area is 147 Å². The zero-order chi connectivity index (χ0) is 17.8. The second-order valence-corrected chi connectivity index (χ2v) is 5.71. The lowest BCUT2D eigenvalue weighted by atomic mass is 10.2. The van der Waals surface area contributed by atoms with Crippen molar-refractivity contribution in [3.8, 4) is 22.9 Å². The van der Waals surface area contributed by atoms with Gasteiger partial charge in [-0.1, -0.05) is 0 Å². The first kappa shape index (κ1) is 16.8. The highest BCUT2D eigenvalue weighted by Gasteiger charge is 2.13. The van der Waals surface area contributed by atoms with Crippen LogP contribution in [0.15, 0.2) is 42.5 Å². The summed E-state index contributed by atoms with van der Waals surface area (Å²) in [6, 6.07) is 11.1. The van der Waals surface area contributed by atoms with E-state index in [4.69, 9.17) is 9.47 Å². The van der Waals surface area contributed by atoms with Crippen LogP contribution in [0.4, 0.5) is 9.52 Å². The third kappa shape index (κ3) is 3.74. The minimum absolute atomic E-state index is 0.145. The Morgan fingerprint density at radius 2 is 1.88 bits per heavy atom. The van der Waals surface area contributed by atoms with Gasteiger partial charge < -0.3 is 9.47 Å². The summed E-state index contributed by atoms with van der Waals surface area (Å²) in [5, 5.41) is 3.00. The van der Waals surface area contributed by atoms with Gasteiger partial charge in [0.2, 0.25) is 5.13 Å². The van der Waals surface area contributed by atoms with E-state index in [1.165, 1.54) is 19.2 Å². The highest BCUT2D eigenvalue weighted by molar-refractivity contribution is 7.10. The molecule has 0 aliphatic carbocycles. The number of methoxy groups -OCH3 is 2. The van der Waals surface area contributed by atoms with Gasteiger partial charge in [-0.25, -0.2) is 4.39 Å². The van der Waals surface area contributed by atoms with E-state index >= 15 is 0 Å². The molecular weight excluding hydrogens is 345 g/mol. The molecule has 3 aromatic rings. The summed E-state index contributed by atoms with van der Waals surface area (Å²) in [6.07, 6.45) is 0. The smallest absolute Gasteiger partial charge is 0.257 e. The Morgan fingerprint density at radius 1 is 1.12 bits per heavy atom. The fourth-order valence-corrected chi connectivity index (χ4v) is 2.69. The van der Waals surface area contributed by atoms with Crippen molar-refractivity contribution in [2.24, 2.45) is 0 Å². The molecule has 1 amide bonds. The first-order valence-electron chi connectivity index (χ1n) is 7.23. The van der Waals surface area contributed by atoms with E-state index in [0.29, 0.717) is 27.8 Å². The Bertz CT molecular complexity index is 896. The van der Waals surface area contributed by atoms with Gasteiger partial charge in [-0.05, 0) is 42.5 Å². The number of ether oxygens (including phenoxy) is 2. The number of rotatable bonds is 5. The second-order valence-electron chi connectivity index (χ2n) is 4.96. The molecule has 0 saturated carbocycles. The normalized spacial score (nSPS) is 10.4. The zero-order valence-electron chi connectivity index (χ0n) is 13.4. The Balaban J connectivity index is 1.74. The molecule has 3 rings (SSSR count). The fraction of sp³-hybridized carbons (Fsp3) is 0.118. The zero-order valence-corrected chi connectivity index (χ0v) is 14.3. The molecule has 1 heterocycles. The molecule has 1 aromatic heterocycles. The van der Waals surface area contributed by atoms with Crippen molar-refractivity contribution in [1.82, 2.24) is 9.36 Å². The van der Waals surface area contributed by atoms with Crippen LogP contribution in [0.5, 0.6) is 11.5 Å². The number of nitrogens with zero attached hydrogens (tertiary/aromatic N) is 2. The van der Waals surface area contributed by atoms with Crippen LogP contribution in [0.25, 0.3) is 11.4 Å². The number of carbonyl (C=O) groups excluding carboxylic acids is 1. The minimum Gasteiger partial charge on any atom is -0.497 e. The number of amides is 1. The number of hydrogen-bond donors (Lipinski definition) is 1.